The number of carbonyl (C=O) groups is 1. The molecule has 4 nitrogen and oxygen atoms in total. The van der Waals surface area contributed by atoms with Crippen LogP contribution in [0.25, 0.3) is 0 Å². The van der Waals surface area contributed by atoms with Crippen molar-refractivity contribution in [2.24, 2.45) is 0 Å². The normalized spacial score (nSPS) is 15.4. The molecule has 0 bridgehead atoms. The first-order chi connectivity index (χ1) is 10.2. The molecule has 1 aromatic rings. The van der Waals surface area contributed by atoms with Crippen molar-refractivity contribution in [1.82, 2.24) is 9.88 Å². The molecule has 1 aliphatic rings. The molecule has 0 atom stereocenters. The monoisotopic (exact) mass is 285 g/mol. The molecule has 21 heavy (non-hydrogen) atoms. The number of Topliss-reactive ketones (excluding diaryl/α,β-unsaturated/α-hetero) is 1. The Kier molecular flexibility index (Phi) is 5.69. The number of carbonyl (C=O) groups excluding carboxylic acids is 1. The number of piperidine rings is 1. The molecular weight excluding hydrogens is 262 g/mol. The van der Waals surface area contributed by atoms with Crippen LogP contribution in [0.3, 0.4) is 0 Å². The molecule has 4 heteroatoms. The van der Waals surface area contributed by atoms with Crippen LogP contribution in [0.5, 0.6) is 0 Å². The Balaban J connectivity index is 1.90. The summed E-state index contributed by atoms with van der Waals surface area (Å²) in [6, 6.07) is 3.64. The van der Waals surface area contributed by atoms with Crippen molar-refractivity contribution in [1.29, 1.82) is 0 Å². The van der Waals surface area contributed by atoms with Gasteiger partial charge in [-0.3, -0.25) is 4.79 Å². The number of rotatable bonds is 7. The van der Waals surface area contributed by atoms with E-state index in [0.717, 1.165) is 19.6 Å². The molecule has 1 aliphatic heterocycles. The largest absolute Gasteiger partial charge is 0.310 e. The summed E-state index contributed by atoms with van der Waals surface area (Å²) in [5.41, 5.74) is 0.670. The van der Waals surface area contributed by atoms with Crippen molar-refractivity contribution in [3.63, 3.8) is 0 Å². The van der Waals surface area contributed by atoms with Crippen LogP contribution in [-0.2, 0) is 0 Å². The minimum atomic E-state index is 0.156. The SMILES string of the molecule is C=CN(C=C)c1ccc(C(=O)CCN2CCCCC2)cn1. The summed E-state index contributed by atoms with van der Waals surface area (Å²) in [7, 11) is 0. The molecular formula is C17H23N3O. The number of pyridine rings is 1. The summed E-state index contributed by atoms with van der Waals surface area (Å²) >= 11 is 0. The van der Waals surface area contributed by atoms with E-state index in [4.69, 9.17) is 0 Å². The molecule has 0 radical (unpaired) electrons. The van der Waals surface area contributed by atoms with Crippen molar-refractivity contribution in [2.45, 2.75) is 25.7 Å². The highest BCUT2D eigenvalue weighted by Crippen LogP contribution is 2.14. The smallest absolute Gasteiger partial charge is 0.165 e. The number of aromatic nitrogens is 1. The van der Waals surface area contributed by atoms with E-state index in [-0.39, 0.29) is 5.78 Å². The molecule has 0 spiro atoms. The lowest BCUT2D eigenvalue weighted by molar-refractivity contribution is 0.0958. The minimum absolute atomic E-state index is 0.156. The van der Waals surface area contributed by atoms with E-state index in [2.05, 4.69) is 23.0 Å². The fraction of sp³-hybridized carbons (Fsp3) is 0.412. The molecule has 0 amide bonds. The first-order valence-electron chi connectivity index (χ1n) is 7.49. The van der Waals surface area contributed by atoms with E-state index in [0.29, 0.717) is 17.8 Å². The van der Waals surface area contributed by atoms with Crippen molar-refractivity contribution >= 4 is 11.6 Å². The van der Waals surface area contributed by atoms with E-state index in [1.54, 1.807) is 23.5 Å². The van der Waals surface area contributed by atoms with Gasteiger partial charge in [0.05, 0.1) is 0 Å². The van der Waals surface area contributed by atoms with Gasteiger partial charge in [-0.25, -0.2) is 4.98 Å². The minimum Gasteiger partial charge on any atom is -0.310 e. The second-order valence-electron chi connectivity index (χ2n) is 5.25. The Morgan fingerprint density at radius 2 is 1.95 bits per heavy atom. The molecule has 1 aromatic heterocycles. The third kappa shape index (κ3) is 4.26. The van der Waals surface area contributed by atoms with Crippen LogP contribution in [0.1, 0.15) is 36.0 Å². The predicted molar refractivity (Wildman–Crippen MR) is 86.3 cm³/mol. The number of anilines is 1. The Labute approximate surface area is 126 Å². The van der Waals surface area contributed by atoms with Gasteiger partial charge in [0.25, 0.3) is 0 Å². The van der Waals surface area contributed by atoms with Crippen molar-refractivity contribution < 1.29 is 4.79 Å². The maximum Gasteiger partial charge on any atom is 0.165 e. The van der Waals surface area contributed by atoms with Gasteiger partial charge in [-0.1, -0.05) is 19.6 Å². The Morgan fingerprint density at radius 1 is 1.24 bits per heavy atom. The van der Waals surface area contributed by atoms with Crippen molar-refractivity contribution in [2.75, 3.05) is 24.5 Å². The number of hydrogen-bond acceptors (Lipinski definition) is 4. The summed E-state index contributed by atoms with van der Waals surface area (Å²) in [6.45, 7) is 10.5. The van der Waals surface area contributed by atoms with Crippen LogP contribution in [0.4, 0.5) is 5.82 Å². The van der Waals surface area contributed by atoms with Gasteiger partial charge in [0.2, 0.25) is 0 Å². The van der Waals surface area contributed by atoms with E-state index >= 15 is 0 Å². The van der Waals surface area contributed by atoms with Gasteiger partial charge in [-0.05, 0) is 38.1 Å². The first-order valence-corrected chi connectivity index (χ1v) is 7.49. The van der Waals surface area contributed by atoms with Gasteiger partial charge in [-0.2, -0.15) is 0 Å². The number of hydrogen-bond donors (Lipinski definition) is 0. The quantitative estimate of drug-likeness (QED) is 0.721. The van der Waals surface area contributed by atoms with Gasteiger partial charge in [0, 0.05) is 37.1 Å². The van der Waals surface area contributed by atoms with Gasteiger partial charge in [-0.15, -0.1) is 0 Å². The molecule has 0 unspecified atom stereocenters. The maximum atomic E-state index is 12.2. The van der Waals surface area contributed by atoms with Gasteiger partial charge in [0.1, 0.15) is 5.82 Å². The zero-order chi connectivity index (χ0) is 15.1. The lowest BCUT2D eigenvalue weighted by atomic mass is 10.1. The first kappa shape index (κ1) is 15.4. The van der Waals surface area contributed by atoms with E-state index in [9.17, 15) is 4.79 Å². The van der Waals surface area contributed by atoms with Gasteiger partial charge >= 0.3 is 0 Å². The van der Waals surface area contributed by atoms with Crippen LogP contribution >= 0.6 is 0 Å². The fourth-order valence-electron chi connectivity index (χ4n) is 2.55. The van der Waals surface area contributed by atoms with E-state index in [1.165, 1.54) is 19.3 Å². The average molecular weight is 285 g/mol. The summed E-state index contributed by atoms with van der Waals surface area (Å²) < 4.78 is 0. The second kappa shape index (κ2) is 7.74. The van der Waals surface area contributed by atoms with Crippen LogP contribution in [0.2, 0.25) is 0 Å². The third-order valence-corrected chi connectivity index (χ3v) is 3.83. The molecule has 2 heterocycles. The molecule has 0 saturated carbocycles. The fourth-order valence-corrected chi connectivity index (χ4v) is 2.55. The molecule has 2 rings (SSSR count). The highest BCUT2D eigenvalue weighted by atomic mass is 16.1. The van der Waals surface area contributed by atoms with Crippen LogP contribution < -0.4 is 4.90 Å². The summed E-state index contributed by atoms with van der Waals surface area (Å²) in [6.07, 6.45) is 9.29. The molecule has 0 N–H and O–H groups in total. The zero-order valence-corrected chi connectivity index (χ0v) is 12.5. The summed E-state index contributed by atoms with van der Waals surface area (Å²) in [5.74, 6) is 0.871. The van der Waals surface area contributed by atoms with Crippen LogP contribution in [0, 0.1) is 0 Å². The standard InChI is InChI=1S/C17H23N3O/c1-3-20(4-2)17-9-8-15(14-18-17)16(21)10-13-19-11-6-5-7-12-19/h3-4,8-9,14H,1-2,5-7,10-13H2. The van der Waals surface area contributed by atoms with Crippen molar-refractivity contribution in [3.8, 4) is 0 Å². The maximum absolute atomic E-state index is 12.2. The lowest BCUT2D eigenvalue weighted by Gasteiger charge is -2.25. The van der Waals surface area contributed by atoms with Gasteiger partial charge in [0.15, 0.2) is 5.78 Å². The lowest BCUT2D eigenvalue weighted by Crippen LogP contribution is -2.31. The topological polar surface area (TPSA) is 36.4 Å². The average Bonchev–Trinajstić information content (AvgIpc) is 2.55. The molecule has 0 aliphatic carbocycles. The molecule has 1 fully saturated rings. The van der Waals surface area contributed by atoms with E-state index in [1.807, 2.05) is 12.1 Å². The Hall–Kier alpha value is -1.94. The summed E-state index contributed by atoms with van der Waals surface area (Å²) in [5, 5.41) is 0. The Bertz CT molecular complexity index is 481. The number of nitrogens with zero attached hydrogens (tertiary/aromatic N) is 3. The summed E-state index contributed by atoms with van der Waals surface area (Å²) in [4.78, 5) is 20.6. The van der Waals surface area contributed by atoms with Crippen molar-refractivity contribution in [3.05, 3.63) is 49.5 Å². The Morgan fingerprint density at radius 3 is 2.52 bits per heavy atom. The van der Waals surface area contributed by atoms with Gasteiger partial charge < -0.3 is 9.80 Å². The van der Waals surface area contributed by atoms with E-state index < -0.39 is 0 Å². The number of likely N-dealkylation sites (tertiary alicyclic amines) is 1. The highest BCUT2D eigenvalue weighted by Gasteiger charge is 2.13. The van der Waals surface area contributed by atoms with Crippen LogP contribution in [0.15, 0.2) is 43.9 Å². The zero-order valence-electron chi connectivity index (χ0n) is 12.5. The third-order valence-electron chi connectivity index (χ3n) is 3.83. The highest BCUT2D eigenvalue weighted by molar-refractivity contribution is 5.96. The predicted octanol–water partition coefficient (Wildman–Crippen LogP) is 3.23. The second-order valence-corrected chi connectivity index (χ2v) is 5.25. The number of ketones is 1. The molecule has 1 saturated heterocycles. The molecule has 112 valence electrons. The van der Waals surface area contributed by atoms with Crippen LogP contribution in [-0.4, -0.2) is 35.3 Å². The molecule has 0 aromatic carbocycles.